The number of hydrogen-bond donors (Lipinski definition) is 0. The van der Waals surface area contributed by atoms with Crippen LogP contribution in [0, 0.1) is 0 Å². The third-order valence-corrected chi connectivity index (χ3v) is 4.23. The zero-order chi connectivity index (χ0) is 20.6. The molecule has 0 atom stereocenters. The van der Waals surface area contributed by atoms with Gasteiger partial charge in [0.05, 0.1) is 19.6 Å². The van der Waals surface area contributed by atoms with Crippen molar-refractivity contribution in [2.75, 3.05) is 13.2 Å². The van der Waals surface area contributed by atoms with Crippen molar-refractivity contribution in [3.8, 4) is 23.1 Å². The van der Waals surface area contributed by atoms with Gasteiger partial charge in [-0.25, -0.2) is 4.98 Å². The van der Waals surface area contributed by atoms with Gasteiger partial charge in [0.1, 0.15) is 18.1 Å². The average molecular weight is 416 g/mol. The molecule has 0 aliphatic carbocycles. The maximum atomic E-state index is 11.8. The molecule has 7 heteroatoms. The summed E-state index contributed by atoms with van der Waals surface area (Å²) in [6.45, 7) is 4.75. The van der Waals surface area contributed by atoms with E-state index in [2.05, 4.69) is 4.98 Å². The summed E-state index contributed by atoms with van der Waals surface area (Å²) in [7, 11) is 0. The molecule has 1 heterocycles. The number of rotatable bonds is 9. The second-order valence-corrected chi connectivity index (χ2v) is 6.54. The average Bonchev–Trinajstić information content (AvgIpc) is 3.11. The summed E-state index contributed by atoms with van der Waals surface area (Å²) >= 11 is 5.89. The second kappa shape index (κ2) is 9.98. The van der Waals surface area contributed by atoms with E-state index in [0.29, 0.717) is 42.2 Å². The van der Waals surface area contributed by atoms with E-state index in [-0.39, 0.29) is 18.3 Å². The predicted molar refractivity (Wildman–Crippen MR) is 109 cm³/mol. The van der Waals surface area contributed by atoms with Crippen LogP contribution in [0.2, 0.25) is 5.02 Å². The standard InChI is InChI=1S/C22H22ClNO5/c1-3-26-20(25)13-19-22(27-4-2)29-21(24-19)16-7-11-18(12-8-16)28-14-15-5-9-17(23)10-6-15/h5-12H,3-4,13-14H2,1-2H3. The SMILES string of the molecule is CCOC(=O)Cc1nc(-c2ccc(OCc3ccc(Cl)cc3)cc2)oc1OCC. The van der Waals surface area contributed by atoms with E-state index in [1.807, 2.05) is 55.5 Å². The molecule has 3 rings (SSSR count). The smallest absolute Gasteiger partial charge is 0.312 e. The minimum atomic E-state index is -0.376. The first-order valence-electron chi connectivity index (χ1n) is 9.34. The molecule has 0 aliphatic rings. The molecule has 152 valence electrons. The van der Waals surface area contributed by atoms with Crippen LogP contribution in [0.15, 0.2) is 52.9 Å². The summed E-state index contributed by atoms with van der Waals surface area (Å²) in [5.74, 6) is 0.946. The fourth-order valence-electron chi connectivity index (χ4n) is 2.61. The van der Waals surface area contributed by atoms with E-state index >= 15 is 0 Å². The summed E-state index contributed by atoms with van der Waals surface area (Å²) in [6.07, 6.45) is -0.00500. The van der Waals surface area contributed by atoms with E-state index in [9.17, 15) is 4.79 Å². The Hall–Kier alpha value is -2.99. The summed E-state index contributed by atoms with van der Waals surface area (Å²) in [6, 6.07) is 14.8. The first-order chi connectivity index (χ1) is 14.1. The molecule has 1 aromatic heterocycles. The van der Waals surface area contributed by atoms with Gasteiger partial charge in [0, 0.05) is 10.6 Å². The third-order valence-electron chi connectivity index (χ3n) is 3.97. The molecule has 0 saturated carbocycles. The Morgan fingerprint density at radius 3 is 2.38 bits per heavy atom. The number of nitrogens with zero attached hydrogens (tertiary/aromatic N) is 1. The molecule has 0 aliphatic heterocycles. The molecule has 0 N–H and O–H groups in total. The number of oxazole rings is 1. The fourth-order valence-corrected chi connectivity index (χ4v) is 2.73. The number of benzene rings is 2. The number of carbonyl (C=O) groups is 1. The Morgan fingerprint density at radius 1 is 1.00 bits per heavy atom. The molecule has 0 unspecified atom stereocenters. The lowest BCUT2D eigenvalue weighted by molar-refractivity contribution is -0.142. The van der Waals surface area contributed by atoms with Crippen LogP contribution in [-0.4, -0.2) is 24.2 Å². The second-order valence-electron chi connectivity index (χ2n) is 6.11. The minimum absolute atomic E-state index is 0.00500. The molecule has 0 radical (unpaired) electrons. The summed E-state index contributed by atoms with van der Waals surface area (Å²) in [4.78, 5) is 16.2. The van der Waals surface area contributed by atoms with Crippen molar-refractivity contribution >= 4 is 17.6 Å². The van der Waals surface area contributed by atoms with Crippen molar-refractivity contribution in [1.82, 2.24) is 4.98 Å². The molecule has 0 amide bonds. The molecule has 29 heavy (non-hydrogen) atoms. The number of ether oxygens (including phenoxy) is 3. The topological polar surface area (TPSA) is 70.8 Å². The molecule has 0 spiro atoms. The molecule has 0 bridgehead atoms. The largest absolute Gasteiger partial charge is 0.489 e. The molecule has 2 aromatic carbocycles. The maximum Gasteiger partial charge on any atom is 0.312 e. The van der Waals surface area contributed by atoms with Crippen LogP contribution in [0.1, 0.15) is 25.1 Å². The Balaban J connectivity index is 1.69. The molecular formula is C22H22ClNO5. The summed E-state index contributed by atoms with van der Waals surface area (Å²) in [5.41, 5.74) is 2.19. The van der Waals surface area contributed by atoms with E-state index in [0.717, 1.165) is 11.1 Å². The number of halogens is 1. The Labute approximate surface area is 174 Å². The Morgan fingerprint density at radius 2 is 1.72 bits per heavy atom. The van der Waals surface area contributed by atoms with Crippen LogP contribution < -0.4 is 9.47 Å². The highest BCUT2D eigenvalue weighted by molar-refractivity contribution is 6.30. The maximum absolute atomic E-state index is 11.8. The van der Waals surface area contributed by atoms with Gasteiger partial charge in [0.2, 0.25) is 5.89 Å². The lowest BCUT2D eigenvalue weighted by atomic mass is 10.2. The highest BCUT2D eigenvalue weighted by Crippen LogP contribution is 2.29. The fraction of sp³-hybridized carbons (Fsp3) is 0.273. The molecule has 0 saturated heterocycles. The molecule has 3 aromatic rings. The number of aromatic nitrogens is 1. The van der Waals surface area contributed by atoms with Crippen molar-refractivity contribution in [2.24, 2.45) is 0 Å². The van der Waals surface area contributed by atoms with E-state index in [1.54, 1.807) is 6.92 Å². The normalized spacial score (nSPS) is 10.6. The highest BCUT2D eigenvalue weighted by Gasteiger charge is 2.19. The van der Waals surface area contributed by atoms with Gasteiger partial charge in [0.15, 0.2) is 0 Å². The van der Waals surface area contributed by atoms with E-state index < -0.39 is 0 Å². The zero-order valence-electron chi connectivity index (χ0n) is 16.3. The lowest BCUT2D eigenvalue weighted by Gasteiger charge is -2.06. The van der Waals surface area contributed by atoms with Gasteiger partial charge in [-0.3, -0.25) is 4.79 Å². The summed E-state index contributed by atoms with van der Waals surface area (Å²) in [5, 5.41) is 0.692. The monoisotopic (exact) mass is 415 g/mol. The lowest BCUT2D eigenvalue weighted by Crippen LogP contribution is -2.09. The minimum Gasteiger partial charge on any atom is -0.489 e. The molecule has 0 fully saturated rings. The molecular weight excluding hydrogens is 394 g/mol. The van der Waals surface area contributed by atoms with Gasteiger partial charge in [-0.2, -0.15) is 0 Å². The van der Waals surface area contributed by atoms with E-state index in [1.165, 1.54) is 0 Å². The van der Waals surface area contributed by atoms with Crippen molar-refractivity contribution < 1.29 is 23.4 Å². The van der Waals surface area contributed by atoms with Gasteiger partial charge < -0.3 is 18.6 Å². The predicted octanol–water partition coefficient (Wildman–Crippen LogP) is 5.08. The van der Waals surface area contributed by atoms with Gasteiger partial charge in [-0.1, -0.05) is 23.7 Å². The Bertz CT molecular complexity index is 935. The first-order valence-corrected chi connectivity index (χ1v) is 9.72. The van der Waals surface area contributed by atoms with E-state index in [4.69, 9.17) is 30.2 Å². The zero-order valence-corrected chi connectivity index (χ0v) is 17.1. The highest BCUT2D eigenvalue weighted by atomic mass is 35.5. The molecule has 6 nitrogen and oxygen atoms in total. The van der Waals surface area contributed by atoms with Crippen LogP contribution in [0.3, 0.4) is 0 Å². The number of carbonyl (C=O) groups excluding carboxylic acids is 1. The van der Waals surface area contributed by atoms with Crippen LogP contribution in [0.4, 0.5) is 0 Å². The quantitative estimate of drug-likeness (QED) is 0.454. The van der Waals surface area contributed by atoms with Gasteiger partial charge in [0.25, 0.3) is 0 Å². The summed E-state index contributed by atoms with van der Waals surface area (Å²) < 4.78 is 21.9. The number of esters is 1. The Kier molecular flexibility index (Phi) is 7.14. The van der Waals surface area contributed by atoms with Crippen LogP contribution in [0.5, 0.6) is 11.7 Å². The third kappa shape index (κ3) is 5.74. The van der Waals surface area contributed by atoms with Gasteiger partial charge in [-0.05, 0) is 55.8 Å². The van der Waals surface area contributed by atoms with Crippen molar-refractivity contribution in [2.45, 2.75) is 26.9 Å². The van der Waals surface area contributed by atoms with Crippen molar-refractivity contribution in [3.63, 3.8) is 0 Å². The van der Waals surface area contributed by atoms with Gasteiger partial charge in [-0.15, -0.1) is 0 Å². The van der Waals surface area contributed by atoms with Crippen molar-refractivity contribution in [3.05, 3.63) is 64.8 Å². The van der Waals surface area contributed by atoms with Crippen molar-refractivity contribution in [1.29, 1.82) is 0 Å². The van der Waals surface area contributed by atoms with Gasteiger partial charge >= 0.3 is 11.9 Å². The van der Waals surface area contributed by atoms with Crippen LogP contribution >= 0.6 is 11.6 Å². The van der Waals surface area contributed by atoms with Crippen LogP contribution in [0.25, 0.3) is 11.5 Å². The van der Waals surface area contributed by atoms with Crippen LogP contribution in [-0.2, 0) is 22.6 Å². The number of hydrogen-bond acceptors (Lipinski definition) is 6. The first kappa shape index (κ1) is 20.7.